The molecule has 2 rings (SSSR count). The highest BCUT2D eigenvalue weighted by Gasteiger charge is 2.12. The molecule has 0 bridgehead atoms. The molecule has 0 unspecified atom stereocenters. The summed E-state index contributed by atoms with van der Waals surface area (Å²) < 4.78 is 5.64. The molecule has 0 aromatic heterocycles. The Labute approximate surface area is 164 Å². The Balaban J connectivity index is 2.13. The third-order valence-electron chi connectivity index (χ3n) is 4.09. The van der Waals surface area contributed by atoms with Crippen molar-refractivity contribution < 1.29 is 14.9 Å². The fourth-order valence-electron chi connectivity index (χ4n) is 2.68. The molecule has 0 fully saturated rings. The lowest BCUT2D eigenvalue weighted by atomic mass is 9.96. The summed E-state index contributed by atoms with van der Waals surface area (Å²) in [5, 5.41) is 20.1. The van der Waals surface area contributed by atoms with Crippen LogP contribution >= 0.6 is 23.2 Å². The maximum absolute atomic E-state index is 9.96. The van der Waals surface area contributed by atoms with Gasteiger partial charge in [-0.1, -0.05) is 55.8 Å². The number of rotatable bonds is 8. The van der Waals surface area contributed by atoms with Crippen molar-refractivity contribution in [3.05, 3.63) is 69.4 Å². The highest BCUT2D eigenvalue weighted by molar-refractivity contribution is 6.36. The van der Waals surface area contributed by atoms with Crippen LogP contribution in [0.1, 0.15) is 49.3 Å². The first kappa shape index (κ1) is 20.5. The van der Waals surface area contributed by atoms with E-state index in [2.05, 4.69) is 6.58 Å². The number of phenolic OH excluding ortho intramolecular Hbond substituents is 1. The van der Waals surface area contributed by atoms with Crippen LogP contribution in [0.3, 0.4) is 0 Å². The van der Waals surface area contributed by atoms with Crippen molar-refractivity contribution in [2.75, 3.05) is 6.61 Å². The largest absolute Gasteiger partial charge is 0.513 e. The van der Waals surface area contributed by atoms with Gasteiger partial charge < -0.3 is 14.9 Å². The normalized spacial score (nSPS) is 11.0. The van der Waals surface area contributed by atoms with E-state index < -0.39 is 0 Å². The van der Waals surface area contributed by atoms with E-state index >= 15 is 0 Å². The van der Waals surface area contributed by atoms with Gasteiger partial charge in [-0.3, -0.25) is 0 Å². The highest BCUT2D eigenvalue weighted by atomic mass is 35.5. The summed E-state index contributed by atoms with van der Waals surface area (Å²) in [5.74, 6) is 1.28. The minimum absolute atomic E-state index is 0.148. The summed E-state index contributed by atoms with van der Waals surface area (Å²) in [6, 6.07) is 9.07. The van der Waals surface area contributed by atoms with Gasteiger partial charge in [-0.15, -0.1) is 0 Å². The summed E-state index contributed by atoms with van der Waals surface area (Å²) >= 11 is 12.8. The van der Waals surface area contributed by atoms with Crippen LogP contribution in [0.15, 0.2) is 42.7 Å². The maximum atomic E-state index is 9.96. The van der Waals surface area contributed by atoms with Gasteiger partial charge in [-0.05, 0) is 47.2 Å². The molecule has 140 valence electrons. The molecule has 0 aliphatic rings. The van der Waals surface area contributed by atoms with E-state index in [9.17, 15) is 5.11 Å². The molecule has 26 heavy (non-hydrogen) atoms. The van der Waals surface area contributed by atoms with Crippen molar-refractivity contribution in [3.8, 4) is 11.5 Å². The lowest BCUT2D eigenvalue weighted by molar-refractivity contribution is 0.295. The number of allylic oxidation sites excluding steroid dienone is 1. The third kappa shape index (κ3) is 5.58. The van der Waals surface area contributed by atoms with Crippen molar-refractivity contribution >= 4 is 23.2 Å². The summed E-state index contributed by atoms with van der Waals surface area (Å²) in [6.45, 7) is 7.97. The number of phenols is 1. The molecule has 2 aromatic carbocycles. The number of aliphatic hydroxyl groups is 1. The number of ether oxygens (including phenoxy) is 1. The van der Waals surface area contributed by atoms with Crippen LogP contribution < -0.4 is 4.74 Å². The average Bonchev–Trinajstić information content (AvgIpc) is 2.56. The number of halogens is 2. The molecule has 0 saturated heterocycles. The van der Waals surface area contributed by atoms with Crippen LogP contribution in [0.5, 0.6) is 11.5 Å². The molecule has 0 heterocycles. The van der Waals surface area contributed by atoms with E-state index in [1.165, 1.54) is 0 Å². The molecule has 0 aliphatic heterocycles. The highest BCUT2D eigenvalue weighted by Crippen LogP contribution is 2.34. The van der Waals surface area contributed by atoms with Crippen LogP contribution in [-0.4, -0.2) is 16.8 Å². The van der Waals surface area contributed by atoms with E-state index in [1.54, 1.807) is 18.2 Å². The Morgan fingerprint density at radius 2 is 1.81 bits per heavy atom. The second-order valence-corrected chi connectivity index (χ2v) is 7.42. The zero-order chi connectivity index (χ0) is 19.3. The third-order valence-corrected chi connectivity index (χ3v) is 4.76. The van der Waals surface area contributed by atoms with Crippen LogP contribution in [0.4, 0.5) is 0 Å². The van der Waals surface area contributed by atoms with Gasteiger partial charge in [0.25, 0.3) is 0 Å². The van der Waals surface area contributed by atoms with Crippen molar-refractivity contribution in [2.24, 2.45) is 0 Å². The van der Waals surface area contributed by atoms with Crippen molar-refractivity contribution in [1.82, 2.24) is 0 Å². The van der Waals surface area contributed by atoms with Gasteiger partial charge in [0.1, 0.15) is 11.5 Å². The van der Waals surface area contributed by atoms with Crippen LogP contribution in [0.25, 0.3) is 0 Å². The molecule has 0 aliphatic carbocycles. The smallest absolute Gasteiger partial charge is 0.122 e. The maximum Gasteiger partial charge on any atom is 0.122 e. The van der Waals surface area contributed by atoms with Gasteiger partial charge in [0.2, 0.25) is 0 Å². The van der Waals surface area contributed by atoms with Crippen molar-refractivity contribution in [3.63, 3.8) is 0 Å². The minimum Gasteiger partial charge on any atom is -0.513 e. The average molecular weight is 395 g/mol. The van der Waals surface area contributed by atoms with Gasteiger partial charge in [0.15, 0.2) is 0 Å². The Bertz CT molecular complexity index is 762. The molecule has 0 saturated carbocycles. The predicted octanol–water partition coefficient (Wildman–Crippen LogP) is 6.64. The molecule has 0 radical (unpaired) electrons. The summed E-state index contributed by atoms with van der Waals surface area (Å²) in [4.78, 5) is 0. The first-order valence-corrected chi connectivity index (χ1v) is 9.32. The molecule has 0 spiro atoms. The van der Waals surface area contributed by atoms with Gasteiger partial charge in [-0.25, -0.2) is 0 Å². The second kappa shape index (κ2) is 9.20. The number of hydrogen-bond donors (Lipinski definition) is 2. The van der Waals surface area contributed by atoms with Crippen molar-refractivity contribution in [2.45, 2.75) is 39.0 Å². The van der Waals surface area contributed by atoms with Gasteiger partial charge >= 0.3 is 0 Å². The number of hydrogen-bond acceptors (Lipinski definition) is 3. The Kier molecular flexibility index (Phi) is 7.24. The Morgan fingerprint density at radius 1 is 1.15 bits per heavy atom. The van der Waals surface area contributed by atoms with Gasteiger partial charge in [-0.2, -0.15) is 0 Å². The molecule has 3 nitrogen and oxygen atoms in total. The fraction of sp³-hybridized carbons (Fsp3) is 0.333. The monoisotopic (exact) mass is 394 g/mol. The quantitative estimate of drug-likeness (QED) is 0.389. The van der Waals surface area contributed by atoms with Crippen LogP contribution in [-0.2, 0) is 6.42 Å². The topological polar surface area (TPSA) is 49.7 Å². The Morgan fingerprint density at radius 3 is 2.38 bits per heavy atom. The van der Waals surface area contributed by atoms with Gasteiger partial charge in [0, 0.05) is 22.9 Å². The first-order chi connectivity index (χ1) is 12.3. The first-order valence-electron chi connectivity index (χ1n) is 8.57. The zero-order valence-electron chi connectivity index (χ0n) is 15.1. The number of aromatic hydroxyl groups is 1. The van der Waals surface area contributed by atoms with E-state index in [0.29, 0.717) is 47.4 Å². The molecule has 2 N–H and O–H groups in total. The summed E-state index contributed by atoms with van der Waals surface area (Å²) in [5.41, 5.74) is 2.76. The second-order valence-electron chi connectivity index (χ2n) is 6.61. The minimum atomic E-state index is 0.148. The molecule has 5 heteroatoms. The summed E-state index contributed by atoms with van der Waals surface area (Å²) in [6.07, 6.45) is 1.73. The number of aliphatic hydroxyl groups excluding tert-OH is 1. The van der Waals surface area contributed by atoms with E-state index in [0.717, 1.165) is 16.7 Å². The van der Waals surface area contributed by atoms with Crippen LogP contribution in [0.2, 0.25) is 10.0 Å². The fourth-order valence-corrected chi connectivity index (χ4v) is 3.28. The van der Waals surface area contributed by atoms with Crippen LogP contribution in [0, 0.1) is 0 Å². The molecule has 0 atom stereocenters. The summed E-state index contributed by atoms with van der Waals surface area (Å²) in [7, 11) is 0. The molecule has 2 aromatic rings. The van der Waals surface area contributed by atoms with Gasteiger partial charge in [0.05, 0.1) is 12.4 Å². The Hall–Kier alpha value is -1.84. The molecular weight excluding hydrogens is 371 g/mol. The number of benzene rings is 2. The zero-order valence-corrected chi connectivity index (χ0v) is 16.6. The van der Waals surface area contributed by atoms with E-state index in [-0.39, 0.29) is 11.7 Å². The lowest BCUT2D eigenvalue weighted by Crippen LogP contribution is -2.00. The standard InChI is InChI=1S/C21H24Cl2O3/c1-13(2)17-9-15(6-7-21(17)25)10-18-19(22)11-16(12-20(18)23)26-8-4-5-14(3)24/h6-7,9,11-13,24-25H,3-5,8,10H2,1-2H3. The van der Waals surface area contributed by atoms with Crippen molar-refractivity contribution in [1.29, 1.82) is 0 Å². The lowest BCUT2D eigenvalue weighted by Gasteiger charge is -2.14. The molecular formula is C21H24Cl2O3. The predicted molar refractivity (Wildman–Crippen MR) is 108 cm³/mol. The van der Waals surface area contributed by atoms with E-state index in [1.807, 2.05) is 26.0 Å². The molecule has 0 amide bonds. The van der Waals surface area contributed by atoms with E-state index in [4.69, 9.17) is 33.0 Å². The SMILES string of the molecule is C=C(O)CCCOc1cc(Cl)c(Cc2ccc(O)c(C(C)C)c2)c(Cl)c1.